The first kappa shape index (κ1) is 12.4. The van der Waals surface area contributed by atoms with Crippen LogP contribution in [-0.2, 0) is 6.42 Å². The third-order valence-corrected chi connectivity index (χ3v) is 3.70. The fourth-order valence-electron chi connectivity index (χ4n) is 1.29. The van der Waals surface area contributed by atoms with Crippen molar-refractivity contribution in [2.75, 3.05) is 5.33 Å². The Morgan fingerprint density at radius 3 is 2.67 bits per heavy atom. The van der Waals surface area contributed by atoms with Crippen LogP contribution in [0.1, 0.15) is 12.5 Å². The molecule has 0 aromatic heterocycles. The fourth-order valence-corrected chi connectivity index (χ4v) is 1.72. The highest BCUT2D eigenvalue weighted by Crippen LogP contribution is 2.27. The number of alkyl halides is 1. The number of hydrogen-bond acceptors (Lipinski definition) is 0. The summed E-state index contributed by atoms with van der Waals surface area (Å²) >= 11 is 3.35. The van der Waals surface area contributed by atoms with Crippen molar-refractivity contribution >= 4 is 15.9 Å². The molecule has 0 aliphatic heterocycles. The average molecular weight is 275 g/mol. The minimum Gasteiger partial charge on any atom is -0.204 e. The second kappa shape index (κ2) is 4.88. The summed E-state index contributed by atoms with van der Waals surface area (Å²) in [6, 6.07) is 4.24. The predicted molar refractivity (Wildman–Crippen MR) is 62.2 cm³/mol. The van der Waals surface area contributed by atoms with E-state index in [2.05, 4.69) is 22.5 Å². The van der Waals surface area contributed by atoms with Gasteiger partial charge in [0.2, 0.25) is 0 Å². The van der Waals surface area contributed by atoms with Crippen LogP contribution < -0.4 is 0 Å². The molecule has 0 bridgehead atoms. The topological polar surface area (TPSA) is 0 Å². The number of halogens is 3. The smallest absolute Gasteiger partial charge is 0.162 e. The van der Waals surface area contributed by atoms with Gasteiger partial charge >= 0.3 is 0 Å². The van der Waals surface area contributed by atoms with Crippen molar-refractivity contribution < 1.29 is 8.78 Å². The van der Waals surface area contributed by atoms with E-state index in [9.17, 15) is 8.78 Å². The molecule has 1 atom stereocenters. The van der Waals surface area contributed by atoms with Crippen LogP contribution in [0.5, 0.6) is 0 Å². The molecule has 1 aromatic rings. The maximum atomic E-state index is 13.4. The van der Waals surface area contributed by atoms with E-state index in [1.807, 2.05) is 6.92 Å². The molecule has 0 nitrogen and oxygen atoms in total. The number of benzene rings is 1. The summed E-state index contributed by atoms with van der Waals surface area (Å²) in [7, 11) is 0. The highest BCUT2D eigenvalue weighted by molar-refractivity contribution is 9.09. The third-order valence-electron chi connectivity index (χ3n) is 2.42. The molecule has 0 fully saturated rings. The average Bonchev–Trinajstić information content (AvgIpc) is 2.25. The first-order valence-corrected chi connectivity index (χ1v) is 5.77. The molecule has 0 saturated carbocycles. The van der Waals surface area contributed by atoms with E-state index in [1.165, 1.54) is 6.07 Å². The first-order chi connectivity index (χ1) is 7.02. The summed E-state index contributed by atoms with van der Waals surface area (Å²) in [6.45, 7) is 5.65. The van der Waals surface area contributed by atoms with E-state index in [1.54, 1.807) is 12.1 Å². The molecule has 0 aliphatic rings. The Hall–Kier alpha value is -0.700. The van der Waals surface area contributed by atoms with Crippen molar-refractivity contribution in [3.05, 3.63) is 48.1 Å². The standard InChI is InChI=1S/C12H13BrF2/c1-3-12(2,8-13)7-9-5-4-6-10(14)11(9)15/h3-6H,1,7-8H2,2H3. The lowest BCUT2D eigenvalue weighted by atomic mass is 9.86. The van der Waals surface area contributed by atoms with Gasteiger partial charge in [-0.1, -0.05) is 41.1 Å². The van der Waals surface area contributed by atoms with Crippen LogP contribution in [0, 0.1) is 17.0 Å². The van der Waals surface area contributed by atoms with Crippen LogP contribution in [0.4, 0.5) is 8.78 Å². The molecule has 0 heterocycles. The lowest BCUT2D eigenvalue weighted by Crippen LogP contribution is -2.19. The molecule has 1 aromatic carbocycles. The Morgan fingerprint density at radius 1 is 1.47 bits per heavy atom. The van der Waals surface area contributed by atoms with Crippen molar-refractivity contribution in [2.24, 2.45) is 5.41 Å². The molecular formula is C12H13BrF2. The summed E-state index contributed by atoms with van der Waals surface area (Å²) in [4.78, 5) is 0. The summed E-state index contributed by atoms with van der Waals surface area (Å²) in [5.74, 6) is -1.56. The Balaban J connectivity index is 2.98. The number of allylic oxidation sites excluding steroid dienone is 1. The molecule has 1 rings (SSSR count). The summed E-state index contributed by atoms with van der Waals surface area (Å²) in [5.41, 5.74) is 0.131. The van der Waals surface area contributed by atoms with E-state index in [-0.39, 0.29) is 5.41 Å². The molecular weight excluding hydrogens is 262 g/mol. The van der Waals surface area contributed by atoms with Gasteiger partial charge in [0.15, 0.2) is 11.6 Å². The zero-order valence-electron chi connectivity index (χ0n) is 8.56. The molecule has 0 saturated heterocycles. The zero-order chi connectivity index (χ0) is 11.5. The van der Waals surface area contributed by atoms with E-state index >= 15 is 0 Å². The first-order valence-electron chi connectivity index (χ1n) is 4.65. The van der Waals surface area contributed by atoms with Gasteiger partial charge in [0.1, 0.15) is 0 Å². The van der Waals surface area contributed by atoms with Crippen molar-refractivity contribution in [1.82, 2.24) is 0 Å². The minimum atomic E-state index is -0.798. The van der Waals surface area contributed by atoms with Gasteiger partial charge in [0.05, 0.1) is 0 Å². The summed E-state index contributed by atoms with van der Waals surface area (Å²) in [5, 5.41) is 0.666. The van der Waals surface area contributed by atoms with Gasteiger partial charge in [0.25, 0.3) is 0 Å². The molecule has 0 spiro atoms. The summed E-state index contributed by atoms with van der Waals surface area (Å²) < 4.78 is 26.3. The Kier molecular flexibility index (Phi) is 4.03. The highest BCUT2D eigenvalue weighted by atomic mass is 79.9. The molecule has 15 heavy (non-hydrogen) atoms. The number of rotatable bonds is 4. The van der Waals surface area contributed by atoms with Crippen molar-refractivity contribution in [3.63, 3.8) is 0 Å². The molecule has 0 N–H and O–H groups in total. The van der Waals surface area contributed by atoms with Crippen LogP contribution in [0.25, 0.3) is 0 Å². The van der Waals surface area contributed by atoms with E-state index in [4.69, 9.17) is 0 Å². The largest absolute Gasteiger partial charge is 0.204 e. The van der Waals surface area contributed by atoms with Crippen LogP contribution >= 0.6 is 15.9 Å². The van der Waals surface area contributed by atoms with Gasteiger partial charge in [-0.05, 0) is 23.5 Å². The number of hydrogen-bond donors (Lipinski definition) is 0. The Bertz CT molecular complexity index is 363. The van der Waals surface area contributed by atoms with Gasteiger partial charge in [-0.3, -0.25) is 0 Å². The van der Waals surface area contributed by atoms with Gasteiger partial charge in [0, 0.05) is 5.33 Å². The monoisotopic (exact) mass is 274 g/mol. The second-order valence-electron chi connectivity index (χ2n) is 3.88. The van der Waals surface area contributed by atoms with Crippen LogP contribution in [0.15, 0.2) is 30.9 Å². The van der Waals surface area contributed by atoms with E-state index < -0.39 is 11.6 Å². The zero-order valence-corrected chi connectivity index (χ0v) is 10.2. The van der Waals surface area contributed by atoms with Gasteiger partial charge < -0.3 is 0 Å². The van der Waals surface area contributed by atoms with Gasteiger partial charge in [-0.2, -0.15) is 0 Å². The van der Waals surface area contributed by atoms with Crippen molar-refractivity contribution in [1.29, 1.82) is 0 Å². The normalized spacial score (nSPS) is 14.7. The van der Waals surface area contributed by atoms with Crippen molar-refractivity contribution in [3.8, 4) is 0 Å². The van der Waals surface area contributed by atoms with Crippen LogP contribution in [-0.4, -0.2) is 5.33 Å². The maximum absolute atomic E-state index is 13.4. The van der Waals surface area contributed by atoms with Gasteiger partial charge in [-0.25, -0.2) is 8.78 Å². The molecule has 3 heteroatoms. The van der Waals surface area contributed by atoms with E-state index in [0.717, 1.165) is 6.07 Å². The third kappa shape index (κ3) is 2.88. The van der Waals surface area contributed by atoms with Gasteiger partial charge in [-0.15, -0.1) is 6.58 Å². The molecule has 82 valence electrons. The lowest BCUT2D eigenvalue weighted by molar-refractivity contribution is 0.453. The molecule has 0 aliphatic carbocycles. The Morgan fingerprint density at radius 2 is 2.13 bits per heavy atom. The minimum absolute atomic E-state index is 0.255. The maximum Gasteiger partial charge on any atom is 0.162 e. The molecule has 1 unspecified atom stereocenters. The van der Waals surface area contributed by atoms with Crippen LogP contribution in [0.2, 0.25) is 0 Å². The Labute approximate surface area is 97.1 Å². The summed E-state index contributed by atoms with van der Waals surface area (Å²) in [6.07, 6.45) is 2.19. The van der Waals surface area contributed by atoms with E-state index in [0.29, 0.717) is 17.3 Å². The SMILES string of the molecule is C=CC(C)(CBr)Cc1cccc(F)c1F. The van der Waals surface area contributed by atoms with Crippen LogP contribution in [0.3, 0.4) is 0 Å². The molecule has 0 radical (unpaired) electrons. The predicted octanol–water partition coefficient (Wildman–Crippen LogP) is 4.09. The second-order valence-corrected chi connectivity index (χ2v) is 4.44. The lowest BCUT2D eigenvalue weighted by Gasteiger charge is -2.23. The fraction of sp³-hybridized carbons (Fsp3) is 0.333. The van der Waals surface area contributed by atoms with Crippen molar-refractivity contribution in [2.45, 2.75) is 13.3 Å². The highest BCUT2D eigenvalue weighted by Gasteiger charge is 2.21. The molecule has 0 amide bonds. The quantitative estimate of drug-likeness (QED) is 0.573.